The lowest BCUT2D eigenvalue weighted by atomic mass is 9.86. The van der Waals surface area contributed by atoms with Crippen LogP contribution < -0.4 is 5.32 Å². The van der Waals surface area contributed by atoms with Gasteiger partial charge in [-0.1, -0.05) is 51.9 Å². The molecule has 0 aliphatic heterocycles. The van der Waals surface area contributed by atoms with Crippen molar-refractivity contribution < 1.29 is 4.79 Å². The van der Waals surface area contributed by atoms with Crippen LogP contribution in [0.4, 0.5) is 0 Å². The van der Waals surface area contributed by atoms with Crippen LogP contribution in [0.5, 0.6) is 0 Å². The van der Waals surface area contributed by atoms with E-state index in [-0.39, 0.29) is 5.91 Å². The first-order valence-corrected chi connectivity index (χ1v) is 6.59. The number of rotatable bonds is 6. The van der Waals surface area contributed by atoms with Gasteiger partial charge in [0.2, 0.25) is 5.91 Å². The van der Waals surface area contributed by atoms with Crippen molar-refractivity contribution in [3.05, 3.63) is 0 Å². The molecule has 1 N–H and O–H groups in total. The molecule has 0 aromatic carbocycles. The fourth-order valence-corrected chi connectivity index (χ4v) is 2.39. The van der Waals surface area contributed by atoms with Crippen LogP contribution in [-0.4, -0.2) is 12.5 Å². The Labute approximate surface area is 93.8 Å². The van der Waals surface area contributed by atoms with E-state index >= 15 is 0 Å². The molecule has 1 amide bonds. The van der Waals surface area contributed by atoms with Crippen LogP contribution in [0.3, 0.4) is 0 Å². The summed E-state index contributed by atoms with van der Waals surface area (Å²) in [6.07, 6.45) is 11.7. The van der Waals surface area contributed by atoms with Crippen molar-refractivity contribution >= 4 is 5.91 Å². The lowest BCUT2D eigenvalue weighted by Gasteiger charge is -2.21. The quantitative estimate of drug-likeness (QED) is 0.671. The lowest BCUT2D eigenvalue weighted by molar-refractivity contribution is -0.120. The van der Waals surface area contributed by atoms with Crippen LogP contribution in [-0.2, 0) is 4.79 Å². The maximum atomic E-state index is 11.0. The summed E-state index contributed by atoms with van der Waals surface area (Å²) >= 11 is 0. The van der Waals surface area contributed by atoms with Gasteiger partial charge in [-0.3, -0.25) is 4.79 Å². The Morgan fingerprint density at radius 2 is 1.93 bits per heavy atom. The summed E-state index contributed by atoms with van der Waals surface area (Å²) in [5.41, 5.74) is 0. The van der Waals surface area contributed by atoms with Crippen LogP contribution in [0, 0.1) is 5.92 Å². The highest BCUT2D eigenvalue weighted by atomic mass is 16.1. The molecule has 1 saturated carbocycles. The predicted octanol–water partition coefficient (Wildman–Crippen LogP) is 3.26. The van der Waals surface area contributed by atoms with Gasteiger partial charge in [0.25, 0.3) is 0 Å². The van der Waals surface area contributed by atoms with Crippen molar-refractivity contribution in [3.8, 4) is 0 Å². The molecule has 0 bridgehead atoms. The third-order valence-electron chi connectivity index (χ3n) is 3.41. The van der Waals surface area contributed by atoms with Crippen LogP contribution >= 0.6 is 0 Å². The van der Waals surface area contributed by atoms with E-state index in [0.717, 1.165) is 18.9 Å². The molecule has 1 aliphatic rings. The number of nitrogens with one attached hydrogen (secondary N) is 1. The van der Waals surface area contributed by atoms with Gasteiger partial charge >= 0.3 is 0 Å². The van der Waals surface area contributed by atoms with Gasteiger partial charge in [0.15, 0.2) is 0 Å². The lowest BCUT2D eigenvalue weighted by Crippen LogP contribution is -2.23. The SMILES string of the molecule is CCC(=O)NCCCCC1CCCCC1. The molecule has 2 nitrogen and oxygen atoms in total. The van der Waals surface area contributed by atoms with Gasteiger partial charge in [-0.05, 0) is 12.3 Å². The van der Waals surface area contributed by atoms with E-state index in [1.807, 2.05) is 6.92 Å². The number of carbonyl (C=O) groups is 1. The van der Waals surface area contributed by atoms with Crippen LogP contribution in [0.15, 0.2) is 0 Å². The third-order valence-corrected chi connectivity index (χ3v) is 3.41. The van der Waals surface area contributed by atoms with Gasteiger partial charge in [0, 0.05) is 13.0 Å². The van der Waals surface area contributed by atoms with E-state index in [9.17, 15) is 4.79 Å². The average Bonchev–Trinajstić information content (AvgIpc) is 2.29. The highest BCUT2D eigenvalue weighted by Crippen LogP contribution is 2.27. The number of carbonyl (C=O) groups excluding carboxylic acids is 1. The van der Waals surface area contributed by atoms with E-state index in [0.29, 0.717) is 6.42 Å². The second-order valence-electron chi connectivity index (χ2n) is 4.70. The summed E-state index contributed by atoms with van der Waals surface area (Å²) in [6.45, 7) is 2.77. The third kappa shape index (κ3) is 5.81. The zero-order valence-electron chi connectivity index (χ0n) is 10.1. The fraction of sp³-hybridized carbons (Fsp3) is 0.923. The Bertz CT molecular complexity index is 173. The summed E-state index contributed by atoms with van der Waals surface area (Å²) < 4.78 is 0. The zero-order valence-corrected chi connectivity index (χ0v) is 10.1. The van der Waals surface area contributed by atoms with Crippen LogP contribution in [0.25, 0.3) is 0 Å². The van der Waals surface area contributed by atoms with E-state index in [4.69, 9.17) is 0 Å². The average molecular weight is 211 g/mol. The van der Waals surface area contributed by atoms with Crippen molar-refractivity contribution in [2.24, 2.45) is 5.92 Å². The first-order valence-electron chi connectivity index (χ1n) is 6.59. The fourth-order valence-electron chi connectivity index (χ4n) is 2.39. The van der Waals surface area contributed by atoms with Crippen LogP contribution in [0.2, 0.25) is 0 Å². The van der Waals surface area contributed by atoms with Gasteiger partial charge in [-0.25, -0.2) is 0 Å². The Morgan fingerprint density at radius 3 is 2.60 bits per heavy atom. The molecule has 0 atom stereocenters. The zero-order chi connectivity index (χ0) is 10.9. The molecule has 0 aromatic heterocycles. The molecular weight excluding hydrogens is 186 g/mol. The first-order chi connectivity index (χ1) is 7.33. The highest BCUT2D eigenvalue weighted by molar-refractivity contribution is 5.75. The summed E-state index contributed by atoms with van der Waals surface area (Å²) in [6, 6.07) is 0. The van der Waals surface area contributed by atoms with Gasteiger partial charge in [0.1, 0.15) is 0 Å². The summed E-state index contributed by atoms with van der Waals surface area (Å²) in [7, 11) is 0. The van der Waals surface area contributed by atoms with E-state index < -0.39 is 0 Å². The molecule has 0 saturated heterocycles. The molecule has 0 radical (unpaired) electrons. The largest absolute Gasteiger partial charge is 0.356 e. The van der Waals surface area contributed by atoms with Crippen LogP contribution in [0.1, 0.15) is 64.7 Å². The number of unbranched alkanes of at least 4 members (excludes halogenated alkanes) is 1. The molecule has 1 fully saturated rings. The van der Waals surface area contributed by atoms with Gasteiger partial charge in [-0.15, -0.1) is 0 Å². The second kappa shape index (κ2) is 7.72. The normalized spacial score (nSPS) is 17.7. The first kappa shape index (κ1) is 12.5. The summed E-state index contributed by atoms with van der Waals surface area (Å²) in [4.78, 5) is 11.0. The minimum Gasteiger partial charge on any atom is -0.356 e. The van der Waals surface area contributed by atoms with Gasteiger partial charge in [-0.2, -0.15) is 0 Å². The molecule has 0 spiro atoms. The molecule has 2 heteroatoms. The van der Waals surface area contributed by atoms with Gasteiger partial charge < -0.3 is 5.32 Å². The summed E-state index contributed by atoms with van der Waals surface area (Å²) in [5, 5.41) is 2.93. The van der Waals surface area contributed by atoms with Gasteiger partial charge in [0.05, 0.1) is 0 Å². The molecule has 1 rings (SSSR count). The van der Waals surface area contributed by atoms with Crippen molar-refractivity contribution in [2.75, 3.05) is 6.54 Å². The standard InChI is InChI=1S/C13H25NO/c1-2-13(15)14-11-7-6-10-12-8-4-3-5-9-12/h12H,2-11H2,1H3,(H,14,15). The Morgan fingerprint density at radius 1 is 1.20 bits per heavy atom. The van der Waals surface area contributed by atoms with E-state index in [2.05, 4.69) is 5.32 Å². The second-order valence-corrected chi connectivity index (χ2v) is 4.70. The molecular formula is C13H25NO. The Hall–Kier alpha value is -0.530. The smallest absolute Gasteiger partial charge is 0.219 e. The summed E-state index contributed by atoms with van der Waals surface area (Å²) in [5.74, 6) is 1.17. The minimum absolute atomic E-state index is 0.188. The minimum atomic E-state index is 0.188. The maximum Gasteiger partial charge on any atom is 0.219 e. The topological polar surface area (TPSA) is 29.1 Å². The Kier molecular flexibility index (Phi) is 6.45. The van der Waals surface area contributed by atoms with Crippen molar-refractivity contribution in [2.45, 2.75) is 64.7 Å². The predicted molar refractivity (Wildman–Crippen MR) is 63.7 cm³/mol. The van der Waals surface area contributed by atoms with E-state index in [1.54, 1.807) is 0 Å². The maximum absolute atomic E-state index is 11.0. The molecule has 1 aliphatic carbocycles. The monoisotopic (exact) mass is 211 g/mol. The van der Waals surface area contributed by atoms with Crippen molar-refractivity contribution in [1.82, 2.24) is 5.32 Å². The van der Waals surface area contributed by atoms with Crippen molar-refractivity contribution in [1.29, 1.82) is 0 Å². The molecule has 88 valence electrons. The number of hydrogen-bond donors (Lipinski definition) is 1. The number of amides is 1. The molecule has 0 aromatic rings. The number of hydrogen-bond acceptors (Lipinski definition) is 1. The molecule has 0 heterocycles. The van der Waals surface area contributed by atoms with Crippen molar-refractivity contribution in [3.63, 3.8) is 0 Å². The molecule has 15 heavy (non-hydrogen) atoms. The highest BCUT2D eigenvalue weighted by Gasteiger charge is 2.12. The van der Waals surface area contributed by atoms with E-state index in [1.165, 1.54) is 44.9 Å². The molecule has 0 unspecified atom stereocenters. The Balaban J connectivity index is 1.89.